The van der Waals surface area contributed by atoms with Gasteiger partial charge in [-0.25, -0.2) is 4.98 Å². The van der Waals surface area contributed by atoms with Gasteiger partial charge in [-0.15, -0.1) is 0 Å². The highest BCUT2D eigenvalue weighted by Crippen LogP contribution is 2.25. The van der Waals surface area contributed by atoms with Gasteiger partial charge in [-0.05, 0) is 42.0 Å². The summed E-state index contributed by atoms with van der Waals surface area (Å²) in [5.41, 5.74) is 10.2. The summed E-state index contributed by atoms with van der Waals surface area (Å²) < 4.78 is 1.65. The third-order valence-electron chi connectivity index (χ3n) is 4.89. The number of fused-ring (bicyclic) bond motifs is 3. The number of aromatic amines is 1. The molecule has 0 bridgehead atoms. The predicted octanol–water partition coefficient (Wildman–Crippen LogP) is 3.44. The van der Waals surface area contributed by atoms with Gasteiger partial charge in [-0.3, -0.25) is 14.5 Å². The second kappa shape index (κ2) is 6.35. The zero-order valence-electron chi connectivity index (χ0n) is 15.0. The molecule has 0 aliphatic carbocycles. The van der Waals surface area contributed by atoms with E-state index >= 15 is 0 Å². The van der Waals surface area contributed by atoms with Crippen LogP contribution in [0.1, 0.15) is 11.3 Å². The first-order valence-electron chi connectivity index (χ1n) is 8.99. The lowest BCUT2D eigenvalue weighted by molar-refractivity contribution is 1.01. The summed E-state index contributed by atoms with van der Waals surface area (Å²) in [6.45, 7) is 0. The van der Waals surface area contributed by atoms with Gasteiger partial charge in [0.25, 0.3) is 5.56 Å². The van der Waals surface area contributed by atoms with Gasteiger partial charge in [0.05, 0.1) is 22.3 Å². The second-order valence-corrected chi connectivity index (χ2v) is 6.69. The Bertz CT molecular complexity index is 1350. The maximum absolute atomic E-state index is 13.5. The molecule has 0 fully saturated rings. The molecule has 0 amide bonds. The van der Waals surface area contributed by atoms with Crippen LogP contribution in [0.3, 0.4) is 0 Å². The summed E-state index contributed by atoms with van der Waals surface area (Å²) >= 11 is 0. The van der Waals surface area contributed by atoms with Gasteiger partial charge in [0, 0.05) is 23.7 Å². The highest BCUT2D eigenvalue weighted by molar-refractivity contribution is 6.03. The fourth-order valence-corrected chi connectivity index (χ4v) is 3.56. The zero-order chi connectivity index (χ0) is 19.1. The van der Waals surface area contributed by atoms with Crippen LogP contribution in [-0.4, -0.2) is 19.7 Å². The molecule has 6 nitrogen and oxygen atoms in total. The van der Waals surface area contributed by atoms with Crippen LogP contribution >= 0.6 is 0 Å². The maximum Gasteiger partial charge on any atom is 0.268 e. The van der Waals surface area contributed by atoms with Crippen LogP contribution in [0.15, 0.2) is 77.7 Å². The molecule has 0 aliphatic heterocycles. The van der Waals surface area contributed by atoms with Crippen LogP contribution < -0.4 is 11.3 Å². The third-order valence-corrected chi connectivity index (χ3v) is 4.89. The van der Waals surface area contributed by atoms with Crippen LogP contribution in [0.25, 0.3) is 27.6 Å². The van der Waals surface area contributed by atoms with E-state index in [9.17, 15) is 4.79 Å². The molecule has 136 valence electrons. The minimum atomic E-state index is -0.133. The number of nitrogen functional groups attached to an aromatic ring is 1. The average molecular weight is 367 g/mol. The number of hydrogen-bond acceptors (Lipinski definition) is 4. The molecule has 0 radical (unpaired) electrons. The van der Waals surface area contributed by atoms with Crippen LogP contribution in [-0.2, 0) is 6.42 Å². The molecule has 0 saturated heterocycles. The van der Waals surface area contributed by atoms with Crippen molar-refractivity contribution in [2.24, 2.45) is 0 Å². The Kier molecular flexibility index (Phi) is 3.69. The van der Waals surface area contributed by atoms with Crippen molar-refractivity contribution in [3.05, 3.63) is 94.5 Å². The Morgan fingerprint density at radius 3 is 2.54 bits per heavy atom. The summed E-state index contributed by atoms with van der Waals surface area (Å²) in [7, 11) is 0. The molecular weight excluding hydrogens is 350 g/mol. The number of hydrogen-bond donors (Lipinski definition) is 2. The van der Waals surface area contributed by atoms with E-state index in [0.717, 1.165) is 16.6 Å². The quantitative estimate of drug-likeness (QED) is 0.478. The molecule has 3 N–H and O–H groups in total. The van der Waals surface area contributed by atoms with Gasteiger partial charge in [0.15, 0.2) is 0 Å². The molecule has 6 heteroatoms. The molecule has 0 saturated carbocycles. The number of nitrogens with one attached hydrogen (secondary N) is 1. The number of pyridine rings is 2. The SMILES string of the molecule is Nc1ccc(Cc2n[nH]c3c2c(=O)n(-c2ccccc2)c2ncccc32)cc1. The molecule has 0 unspecified atom stereocenters. The van der Waals surface area contributed by atoms with Crippen molar-refractivity contribution < 1.29 is 0 Å². The summed E-state index contributed by atoms with van der Waals surface area (Å²) in [6, 6.07) is 21.0. The number of rotatable bonds is 3. The number of anilines is 1. The average Bonchev–Trinajstić information content (AvgIpc) is 3.15. The number of para-hydroxylation sites is 1. The minimum absolute atomic E-state index is 0.133. The van der Waals surface area contributed by atoms with Crippen molar-refractivity contribution in [1.82, 2.24) is 19.7 Å². The molecule has 5 rings (SSSR count). The normalized spacial score (nSPS) is 11.3. The lowest BCUT2D eigenvalue weighted by Crippen LogP contribution is -2.20. The standard InChI is InChI=1S/C22H17N5O/c23-15-10-8-14(9-11-15)13-18-19-20(26-25-18)17-7-4-12-24-21(17)27(22(19)28)16-5-2-1-3-6-16/h1-12H,13,23H2,(H,25,26). The van der Waals surface area contributed by atoms with Gasteiger partial charge in [-0.2, -0.15) is 5.10 Å². The topological polar surface area (TPSA) is 89.6 Å². The van der Waals surface area contributed by atoms with Crippen LogP contribution in [0.2, 0.25) is 0 Å². The smallest absolute Gasteiger partial charge is 0.268 e. The molecule has 0 aliphatic rings. The maximum atomic E-state index is 13.5. The molecule has 3 aromatic heterocycles. The first-order valence-corrected chi connectivity index (χ1v) is 8.99. The van der Waals surface area contributed by atoms with Crippen molar-refractivity contribution >= 4 is 27.6 Å². The summed E-state index contributed by atoms with van der Waals surface area (Å²) in [6.07, 6.45) is 2.23. The highest BCUT2D eigenvalue weighted by Gasteiger charge is 2.18. The number of H-pyrrole nitrogens is 1. The number of aromatic nitrogens is 4. The number of nitrogens with two attached hydrogens (primary N) is 1. The molecule has 2 aromatic carbocycles. The molecule has 28 heavy (non-hydrogen) atoms. The van der Waals surface area contributed by atoms with Crippen molar-refractivity contribution in [3.8, 4) is 5.69 Å². The van der Waals surface area contributed by atoms with E-state index in [2.05, 4.69) is 15.2 Å². The van der Waals surface area contributed by atoms with Crippen molar-refractivity contribution in [2.75, 3.05) is 5.73 Å². The van der Waals surface area contributed by atoms with Gasteiger partial charge >= 0.3 is 0 Å². The fourth-order valence-electron chi connectivity index (χ4n) is 3.56. The Labute approximate surface area is 160 Å². The second-order valence-electron chi connectivity index (χ2n) is 6.69. The van der Waals surface area contributed by atoms with Crippen molar-refractivity contribution in [1.29, 1.82) is 0 Å². The van der Waals surface area contributed by atoms with E-state index in [1.807, 2.05) is 66.7 Å². The van der Waals surface area contributed by atoms with Crippen LogP contribution in [0, 0.1) is 0 Å². The zero-order valence-corrected chi connectivity index (χ0v) is 15.0. The Balaban J connectivity index is 1.81. The van der Waals surface area contributed by atoms with E-state index < -0.39 is 0 Å². The number of nitrogens with zero attached hydrogens (tertiary/aromatic N) is 3. The van der Waals surface area contributed by atoms with E-state index in [-0.39, 0.29) is 5.56 Å². The Morgan fingerprint density at radius 1 is 0.964 bits per heavy atom. The Hall–Kier alpha value is -3.93. The summed E-state index contributed by atoms with van der Waals surface area (Å²) in [4.78, 5) is 18.0. The lowest BCUT2D eigenvalue weighted by atomic mass is 10.1. The van der Waals surface area contributed by atoms with Gasteiger partial charge in [0.1, 0.15) is 5.65 Å². The van der Waals surface area contributed by atoms with Crippen LogP contribution in [0.4, 0.5) is 5.69 Å². The van der Waals surface area contributed by atoms with Crippen molar-refractivity contribution in [3.63, 3.8) is 0 Å². The molecule has 0 atom stereocenters. The summed E-state index contributed by atoms with van der Waals surface area (Å²) in [5.74, 6) is 0. The first-order chi connectivity index (χ1) is 13.7. The molecule has 0 spiro atoms. The largest absolute Gasteiger partial charge is 0.399 e. The van der Waals surface area contributed by atoms with E-state index in [1.165, 1.54) is 0 Å². The minimum Gasteiger partial charge on any atom is -0.399 e. The predicted molar refractivity (Wildman–Crippen MR) is 111 cm³/mol. The van der Waals surface area contributed by atoms with E-state index in [4.69, 9.17) is 5.73 Å². The van der Waals surface area contributed by atoms with Gasteiger partial charge < -0.3 is 5.73 Å². The number of benzene rings is 2. The Morgan fingerprint density at radius 2 is 1.75 bits per heavy atom. The molecule has 5 aromatic rings. The first kappa shape index (κ1) is 16.3. The van der Waals surface area contributed by atoms with Crippen LogP contribution in [0.5, 0.6) is 0 Å². The van der Waals surface area contributed by atoms with Crippen molar-refractivity contribution in [2.45, 2.75) is 6.42 Å². The molecular formula is C22H17N5O. The monoisotopic (exact) mass is 367 g/mol. The van der Waals surface area contributed by atoms with Gasteiger partial charge in [-0.1, -0.05) is 30.3 Å². The lowest BCUT2D eigenvalue weighted by Gasteiger charge is -2.10. The highest BCUT2D eigenvalue weighted by atomic mass is 16.1. The molecule has 3 heterocycles. The van der Waals surface area contributed by atoms with E-state index in [0.29, 0.717) is 34.4 Å². The van der Waals surface area contributed by atoms with E-state index in [1.54, 1.807) is 10.8 Å². The summed E-state index contributed by atoms with van der Waals surface area (Å²) in [5, 5.41) is 8.96. The third kappa shape index (κ3) is 2.54. The fraction of sp³-hybridized carbons (Fsp3) is 0.0455. The van der Waals surface area contributed by atoms with Gasteiger partial charge in [0.2, 0.25) is 0 Å².